The van der Waals surface area contributed by atoms with E-state index in [9.17, 15) is 14.0 Å². The van der Waals surface area contributed by atoms with Crippen molar-refractivity contribution in [2.75, 3.05) is 11.9 Å². The van der Waals surface area contributed by atoms with Gasteiger partial charge in [-0.1, -0.05) is 43.3 Å². The van der Waals surface area contributed by atoms with E-state index in [-0.39, 0.29) is 18.5 Å². The zero-order valence-electron chi connectivity index (χ0n) is 19.3. The second-order valence-corrected chi connectivity index (χ2v) is 9.45. The molecule has 7 heteroatoms. The predicted octanol–water partition coefficient (Wildman–Crippen LogP) is 6.06. The smallest absolute Gasteiger partial charge is 0.322 e. The Kier molecular flexibility index (Phi) is 8.60. The maximum atomic E-state index is 13.6. The van der Waals surface area contributed by atoms with Crippen molar-refractivity contribution in [3.63, 3.8) is 0 Å². The normalized spacial score (nSPS) is 11.6. The minimum absolute atomic E-state index is 0.0622. The average Bonchev–Trinajstić information content (AvgIpc) is 3.21. The molecule has 3 aromatic rings. The molecule has 0 aliphatic rings. The Bertz CT molecular complexity index is 1070. The molecule has 1 heterocycles. The van der Waals surface area contributed by atoms with Crippen molar-refractivity contribution >= 4 is 29.0 Å². The van der Waals surface area contributed by atoms with Crippen LogP contribution in [-0.2, 0) is 17.9 Å². The Hall–Kier alpha value is -3.19. The summed E-state index contributed by atoms with van der Waals surface area (Å²) in [5, 5.41) is 2.72. The Morgan fingerprint density at radius 2 is 1.79 bits per heavy atom. The molecule has 0 bridgehead atoms. The number of anilines is 1. The number of hydrogen-bond donors (Lipinski definition) is 1. The van der Waals surface area contributed by atoms with Gasteiger partial charge in [-0.15, -0.1) is 11.3 Å². The Morgan fingerprint density at radius 1 is 1.03 bits per heavy atom. The molecule has 2 aromatic carbocycles. The largest absolute Gasteiger partial charge is 0.332 e. The van der Waals surface area contributed by atoms with E-state index in [4.69, 9.17) is 0 Å². The summed E-state index contributed by atoms with van der Waals surface area (Å²) in [6.45, 7) is 6.78. The van der Waals surface area contributed by atoms with E-state index in [0.29, 0.717) is 25.2 Å². The van der Waals surface area contributed by atoms with E-state index < -0.39 is 11.8 Å². The molecule has 0 saturated carbocycles. The highest BCUT2D eigenvalue weighted by Crippen LogP contribution is 2.20. The number of rotatable bonds is 9. The van der Waals surface area contributed by atoms with Gasteiger partial charge in [0.25, 0.3) is 0 Å². The fourth-order valence-electron chi connectivity index (χ4n) is 3.45. The lowest BCUT2D eigenvalue weighted by Crippen LogP contribution is -2.47. The van der Waals surface area contributed by atoms with Crippen LogP contribution in [0.15, 0.2) is 66.7 Å². The van der Waals surface area contributed by atoms with Crippen LogP contribution in [0.25, 0.3) is 0 Å². The van der Waals surface area contributed by atoms with Gasteiger partial charge in [-0.3, -0.25) is 4.79 Å². The summed E-state index contributed by atoms with van der Waals surface area (Å²) in [7, 11) is 0. The first-order valence-corrected chi connectivity index (χ1v) is 11.9. The van der Waals surface area contributed by atoms with Crippen molar-refractivity contribution in [3.05, 3.63) is 87.9 Å². The fraction of sp³-hybridized carbons (Fsp3) is 0.308. The molecule has 1 aromatic heterocycles. The quantitative estimate of drug-likeness (QED) is 0.416. The molecule has 0 aliphatic carbocycles. The number of thiophene rings is 1. The van der Waals surface area contributed by atoms with Crippen LogP contribution in [-0.4, -0.2) is 34.3 Å². The van der Waals surface area contributed by atoms with Crippen LogP contribution < -0.4 is 5.32 Å². The monoisotopic (exact) mass is 467 g/mol. The van der Waals surface area contributed by atoms with E-state index in [1.807, 2.05) is 63.2 Å². The van der Waals surface area contributed by atoms with E-state index in [1.165, 1.54) is 28.0 Å². The Balaban J connectivity index is 1.78. The number of nitrogens with zero attached hydrogens (tertiary/aromatic N) is 2. The number of benzene rings is 2. The molecule has 0 fully saturated rings. The number of nitrogens with one attached hydrogen (secondary N) is 1. The molecule has 0 spiro atoms. The minimum Gasteiger partial charge on any atom is -0.332 e. The molecule has 174 valence electrons. The number of halogens is 1. The van der Waals surface area contributed by atoms with Crippen LogP contribution in [0.2, 0.25) is 0 Å². The van der Waals surface area contributed by atoms with Crippen LogP contribution in [0.3, 0.4) is 0 Å². The highest BCUT2D eigenvalue weighted by Gasteiger charge is 2.25. The molecule has 1 unspecified atom stereocenters. The number of aryl methyl sites for hydroxylation is 1. The van der Waals surface area contributed by atoms with Gasteiger partial charge in [-0.05, 0) is 56.2 Å². The average molecular weight is 468 g/mol. The van der Waals surface area contributed by atoms with Crippen LogP contribution in [0.1, 0.15) is 35.6 Å². The second kappa shape index (κ2) is 11.6. The van der Waals surface area contributed by atoms with Crippen LogP contribution in [0.5, 0.6) is 0 Å². The summed E-state index contributed by atoms with van der Waals surface area (Å²) < 4.78 is 13.6. The summed E-state index contributed by atoms with van der Waals surface area (Å²) >= 11 is 1.66. The zero-order chi connectivity index (χ0) is 23.8. The first-order valence-electron chi connectivity index (χ1n) is 11.1. The number of carbonyl (C=O) groups excluding carboxylic acids is 2. The standard InChI is InChI=1S/C26H30FN3O2S/c1-4-19(2)30(26(32)28-23-12-8-11-22(27)15-23)18-25(31)29(16-21-9-6-5-7-10-21)17-24-14-13-20(3)33-24/h5-15,19H,4,16-18H2,1-3H3,(H,28,32). The predicted molar refractivity (Wildman–Crippen MR) is 132 cm³/mol. The van der Waals surface area contributed by atoms with Gasteiger partial charge < -0.3 is 15.1 Å². The first kappa shape index (κ1) is 24.5. The van der Waals surface area contributed by atoms with Gasteiger partial charge in [0, 0.05) is 28.0 Å². The third kappa shape index (κ3) is 7.15. The molecule has 0 saturated heterocycles. The lowest BCUT2D eigenvalue weighted by Gasteiger charge is -2.31. The summed E-state index contributed by atoms with van der Waals surface area (Å²) in [6, 6.07) is 19.1. The van der Waals surface area contributed by atoms with Gasteiger partial charge in [0.1, 0.15) is 12.4 Å². The molecular formula is C26H30FN3O2S. The van der Waals surface area contributed by atoms with Gasteiger partial charge in [0.2, 0.25) is 5.91 Å². The van der Waals surface area contributed by atoms with Crippen molar-refractivity contribution in [1.82, 2.24) is 9.80 Å². The molecule has 3 rings (SSSR count). The molecule has 3 amide bonds. The topological polar surface area (TPSA) is 52.7 Å². The zero-order valence-corrected chi connectivity index (χ0v) is 20.1. The van der Waals surface area contributed by atoms with E-state index in [0.717, 1.165) is 10.4 Å². The van der Waals surface area contributed by atoms with E-state index in [2.05, 4.69) is 5.32 Å². The van der Waals surface area contributed by atoms with Gasteiger partial charge in [0.15, 0.2) is 0 Å². The summed E-state index contributed by atoms with van der Waals surface area (Å²) in [6.07, 6.45) is 0.687. The molecule has 0 radical (unpaired) electrons. The van der Waals surface area contributed by atoms with Crippen LogP contribution >= 0.6 is 11.3 Å². The van der Waals surface area contributed by atoms with Crippen molar-refractivity contribution in [2.45, 2.75) is 46.3 Å². The van der Waals surface area contributed by atoms with E-state index in [1.54, 1.807) is 22.3 Å². The van der Waals surface area contributed by atoms with Crippen LogP contribution in [0.4, 0.5) is 14.9 Å². The molecular weight excluding hydrogens is 437 g/mol. The molecule has 5 nitrogen and oxygen atoms in total. The van der Waals surface area contributed by atoms with Crippen molar-refractivity contribution in [3.8, 4) is 0 Å². The van der Waals surface area contributed by atoms with Crippen molar-refractivity contribution in [2.24, 2.45) is 0 Å². The van der Waals surface area contributed by atoms with Gasteiger partial charge in [-0.2, -0.15) is 0 Å². The number of hydrogen-bond acceptors (Lipinski definition) is 3. The summed E-state index contributed by atoms with van der Waals surface area (Å²) in [4.78, 5) is 32.1. The summed E-state index contributed by atoms with van der Waals surface area (Å²) in [5.74, 6) is -0.571. The van der Waals surface area contributed by atoms with Crippen molar-refractivity contribution < 1.29 is 14.0 Å². The maximum Gasteiger partial charge on any atom is 0.322 e. The van der Waals surface area contributed by atoms with E-state index >= 15 is 0 Å². The van der Waals surface area contributed by atoms with Gasteiger partial charge >= 0.3 is 6.03 Å². The second-order valence-electron chi connectivity index (χ2n) is 8.07. The molecule has 33 heavy (non-hydrogen) atoms. The molecule has 1 atom stereocenters. The number of carbonyl (C=O) groups is 2. The highest BCUT2D eigenvalue weighted by molar-refractivity contribution is 7.11. The fourth-order valence-corrected chi connectivity index (χ4v) is 4.36. The SMILES string of the molecule is CCC(C)N(CC(=O)N(Cc1ccccc1)Cc1ccc(C)s1)C(=O)Nc1cccc(F)c1. The Morgan fingerprint density at radius 3 is 2.42 bits per heavy atom. The number of urea groups is 1. The summed E-state index contributed by atoms with van der Waals surface area (Å²) in [5.41, 5.74) is 1.38. The molecule has 0 aliphatic heterocycles. The highest BCUT2D eigenvalue weighted by atomic mass is 32.1. The molecule has 1 N–H and O–H groups in total. The minimum atomic E-state index is -0.431. The first-order chi connectivity index (χ1) is 15.9. The Labute approximate surface area is 198 Å². The van der Waals surface area contributed by atoms with Crippen LogP contribution in [0, 0.1) is 12.7 Å². The van der Waals surface area contributed by atoms with Gasteiger partial charge in [0.05, 0.1) is 6.54 Å². The van der Waals surface area contributed by atoms with Crippen molar-refractivity contribution in [1.29, 1.82) is 0 Å². The number of amides is 3. The lowest BCUT2D eigenvalue weighted by molar-refractivity contribution is -0.133. The maximum absolute atomic E-state index is 13.6. The third-order valence-electron chi connectivity index (χ3n) is 5.48. The van der Waals surface area contributed by atoms with Gasteiger partial charge in [-0.25, -0.2) is 9.18 Å². The third-order valence-corrected chi connectivity index (χ3v) is 6.46. The lowest BCUT2D eigenvalue weighted by atomic mass is 10.2.